The van der Waals surface area contributed by atoms with Crippen LogP contribution in [0.5, 0.6) is 0 Å². The standard InChI is InChI=1S/C10H20O2S/c1-9(2,3)12-8(11)10(4,5)6-7-13/h13H,6-7H2,1-5H3. The summed E-state index contributed by atoms with van der Waals surface area (Å²) in [5, 5.41) is 0. The van der Waals surface area contributed by atoms with Gasteiger partial charge < -0.3 is 4.74 Å². The zero-order valence-corrected chi connectivity index (χ0v) is 10.1. The van der Waals surface area contributed by atoms with Gasteiger partial charge in [-0.1, -0.05) is 0 Å². The molecule has 0 N–H and O–H groups in total. The molecule has 0 fully saturated rings. The van der Waals surface area contributed by atoms with E-state index in [1.165, 1.54) is 0 Å². The molecule has 0 radical (unpaired) electrons. The van der Waals surface area contributed by atoms with Gasteiger partial charge in [-0.25, -0.2) is 0 Å². The van der Waals surface area contributed by atoms with Crippen molar-refractivity contribution in [1.29, 1.82) is 0 Å². The number of thiol groups is 1. The Morgan fingerprint density at radius 2 is 1.69 bits per heavy atom. The maximum absolute atomic E-state index is 11.6. The summed E-state index contributed by atoms with van der Waals surface area (Å²) in [7, 11) is 0. The number of hydrogen-bond acceptors (Lipinski definition) is 3. The van der Waals surface area contributed by atoms with Crippen molar-refractivity contribution in [2.45, 2.75) is 46.6 Å². The number of hydrogen-bond donors (Lipinski definition) is 1. The first-order valence-corrected chi connectivity index (χ1v) is 5.16. The molecule has 0 rings (SSSR count). The Morgan fingerprint density at radius 3 is 2.00 bits per heavy atom. The third kappa shape index (κ3) is 5.19. The minimum atomic E-state index is -0.422. The summed E-state index contributed by atoms with van der Waals surface area (Å²) in [5.41, 5.74) is -0.819. The summed E-state index contributed by atoms with van der Waals surface area (Å²) < 4.78 is 5.28. The molecule has 0 heterocycles. The number of ether oxygens (including phenoxy) is 1. The van der Waals surface area contributed by atoms with E-state index in [1.807, 2.05) is 34.6 Å². The zero-order chi connectivity index (χ0) is 10.7. The summed E-state index contributed by atoms with van der Waals surface area (Å²) >= 11 is 4.11. The van der Waals surface area contributed by atoms with Gasteiger partial charge in [-0.15, -0.1) is 0 Å². The van der Waals surface area contributed by atoms with Gasteiger partial charge in [0.15, 0.2) is 0 Å². The number of rotatable bonds is 3. The van der Waals surface area contributed by atoms with Crippen molar-refractivity contribution >= 4 is 18.6 Å². The Bertz CT molecular complexity index is 180. The van der Waals surface area contributed by atoms with Crippen molar-refractivity contribution in [3.63, 3.8) is 0 Å². The molecule has 0 saturated carbocycles. The predicted octanol–water partition coefficient (Wildman–Crippen LogP) is 2.67. The molecule has 0 aliphatic rings. The molecule has 78 valence electrons. The fourth-order valence-electron chi connectivity index (χ4n) is 0.798. The third-order valence-electron chi connectivity index (χ3n) is 1.69. The topological polar surface area (TPSA) is 26.3 Å². The van der Waals surface area contributed by atoms with Gasteiger partial charge in [0.05, 0.1) is 5.41 Å². The molecule has 2 nitrogen and oxygen atoms in total. The molecule has 0 bridgehead atoms. The lowest BCUT2D eigenvalue weighted by Gasteiger charge is -2.27. The smallest absolute Gasteiger partial charge is 0.312 e. The van der Waals surface area contributed by atoms with Crippen molar-refractivity contribution < 1.29 is 9.53 Å². The highest BCUT2D eigenvalue weighted by Crippen LogP contribution is 2.25. The summed E-state index contributed by atoms with van der Waals surface area (Å²) in [6.07, 6.45) is 0.741. The first-order valence-electron chi connectivity index (χ1n) is 4.53. The van der Waals surface area contributed by atoms with Crippen molar-refractivity contribution in [3.8, 4) is 0 Å². The van der Waals surface area contributed by atoms with Gasteiger partial charge in [0.2, 0.25) is 0 Å². The fraction of sp³-hybridized carbons (Fsp3) is 0.900. The molecule has 0 amide bonds. The molecule has 0 spiro atoms. The SMILES string of the molecule is CC(C)(C)OC(=O)C(C)(C)CCS. The van der Waals surface area contributed by atoms with Gasteiger partial charge >= 0.3 is 5.97 Å². The van der Waals surface area contributed by atoms with Gasteiger partial charge in [0, 0.05) is 0 Å². The van der Waals surface area contributed by atoms with Crippen molar-refractivity contribution in [3.05, 3.63) is 0 Å². The van der Waals surface area contributed by atoms with Crippen LogP contribution in [0.15, 0.2) is 0 Å². The highest BCUT2D eigenvalue weighted by molar-refractivity contribution is 7.80. The van der Waals surface area contributed by atoms with Crippen LogP contribution in [0.25, 0.3) is 0 Å². The van der Waals surface area contributed by atoms with E-state index in [1.54, 1.807) is 0 Å². The van der Waals surface area contributed by atoms with E-state index in [2.05, 4.69) is 12.6 Å². The van der Waals surface area contributed by atoms with Crippen LogP contribution in [0.2, 0.25) is 0 Å². The first kappa shape index (κ1) is 12.8. The van der Waals surface area contributed by atoms with Crippen LogP contribution in [0.3, 0.4) is 0 Å². The monoisotopic (exact) mass is 204 g/mol. The molecule has 0 atom stereocenters. The highest BCUT2D eigenvalue weighted by Gasteiger charge is 2.31. The lowest BCUT2D eigenvalue weighted by Crippen LogP contribution is -2.34. The van der Waals surface area contributed by atoms with Crippen LogP contribution < -0.4 is 0 Å². The van der Waals surface area contributed by atoms with E-state index in [9.17, 15) is 4.79 Å². The summed E-state index contributed by atoms with van der Waals surface area (Å²) in [4.78, 5) is 11.6. The fourth-order valence-corrected chi connectivity index (χ4v) is 1.36. The van der Waals surface area contributed by atoms with Gasteiger partial charge in [-0.3, -0.25) is 4.79 Å². The largest absolute Gasteiger partial charge is 0.460 e. The second-order valence-electron chi connectivity index (χ2n) is 4.86. The van der Waals surface area contributed by atoms with E-state index in [0.29, 0.717) is 5.75 Å². The highest BCUT2D eigenvalue weighted by atomic mass is 32.1. The minimum Gasteiger partial charge on any atom is -0.460 e. The summed E-state index contributed by atoms with van der Waals surface area (Å²) in [5.74, 6) is 0.556. The predicted molar refractivity (Wildman–Crippen MR) is 58.1 cm³/mol. The molecule has 13 heavy (non-hydrogen) atoms. The van der Waals surface area contributed by atoms with Gasteiger partial charge in [-0.05, 0) is 46.8 Å². The average molecular weight is 204 g/mol. The Hall–Kier alpha value is -0.180. The van der Waals surface area contributed by atoms with Crippen LogP contribution in [0.4, 0.5) is 0 Å². The van der Waals surface area contributed by atoms with Crippen LogP contribution in [0.1, 0.15) is 41.0 Å². The lowest BCUT2D eigenvalue weighted by atomic mass is 9.90. The van der Waals surface area contributed by atoms with Crippen molar-refractivity contribution in [2.75, 3.05) is 5.75 Å². The number of carbonyl (C=O) groups excluding carboxylic acids is 1. The molecule has 0 aliphatic heterocycles. The molecule has 0 aromatic carbocycles. The van der Waals surface area contributed by atoms with Crippen LogP contribution >= 0.6 is 12.6 Å². The van der Waals surface area contributed by atoms with Gasteiger partial charge in [0.1, 0.15) is 5.60 Å². The van der Waals surface area contributed by atoms with E-state index in [0.717, 1.165) is 6.42 Å². The quantitative estimate of drug-likeness (QED) is 0.565. The van der Waals surface area contributed by atoms with E-state index in [-0.39, 0.29) is 5.97 Å². The van der Waals surface area contributed by atoms with Gasteiger partial charge in [-0.2, -0.15) is 12.6 Å². The zero-order valence-electron chi connectivity index (χ0n) is 9.18. The average Bonchev–Trinajstić information content (AvgIpc) is 1.82. The second-order valence-corrected chi connectivity index (χ2v) is 5.31. The Kier molecular flexibility index (Phi) is 4.30. The van der Waals surface area contributed by atoms with Gasteiger partial charge in [0.25, 0.3) is 0 Å². The minimum absolute atomic E-state index is 0.144. The number of carbonyl (C=O) groups is 1. The van der Waals surface area contributed by atoms with Crippen LogP contribution in [-0.4, -0.2) is 17.3 Å². The maximum Gasteiger partial charge on any atom is 0.312 e. The maximum atomic E-state index is 11.6. The molecule has 0 aliphatic carbocycles. The molecule has 0 aromatic rings. The molecule has 0 aromatic heterocycles. The van der Waals surface area contributed by atoms with Crippen LogP contribution in [-0.2, 0) is 9.53 Å². The Morgan fingerprint density at radius 1 is 1.23 bits per heavy atom. The Labute approximate surface area is 86.5 Å². The van der Waals surface area contributed by atoms with Crippen molar-refractivity contribution in [2.24, 2.45) is 5.41 Å². The Balaban J connectivity index is 4.25. The summed E-state index contributed by atoms with van der Waals surface area (Å²) in [6.45, 7) is 9.40. The van der Waals surface area contributed by atoms with E-state index >= 15 is 0 Å². The third-order valence-corrected chi connectivity index (χ3v) is 1.91. The lowest BCUT2D eigenvalue weighted by molar-refractivity contribution is -0.165. The second kappa shape index (κ2) is 4.36. The summed E-state index contributed by atoms with van der Waals surface area (Å²) in [6, 6.07) is 0. The normalized spacial score (nSPS) is 12.8. The van der Waals surface area contributed by atoms with E-state index in [4.69, 9.17) is 4.74 Å². The van der Waals surface area contributed by atoms with Crippen molar-refractivity contribution in [1.82, 2.24) is 0 Å². The molecular weight excluding hydrogens is 184 g/mol. The number of esters is 1. The first-order chi connectivity index (χ1) is 5.69. The molecule has 0 saturated heterocycles. The molecule has 3 heteroatoms. The molecular formula is C10H20O2S. The van der Waals surface area contributed by atoms with E-state index < -0.39 is 11.0 Å². The van der Waals surface area contributed by atoms with Crippen LogP contribution in [0, 0.1) is 5.41 Å². The molecule has 0 unspecified atom stereocenters.